The molecule has 116 valence electrons. The SMILES string of the molecule is CCN(CC)CCCNc1ccc(C(F)(F)F)cc1C#N. The molecule has 0 unspecified atom stereocenters. The van der Waals surface area contributed by atoms with Gasteiger partial charge in [-0.05, 0) is 44.3 Å². The second kappa shape index (κ2) is 7.89. The number of alkyl halides is 3. The zero-order valence-corrected chi connectivity index (χ0v) is 12.3. The molecule has 3 nitrogen and oxygen atoms in total. The minimum absolute atomic E-state index is 0.0210. The lowest BCUT2D eigenvalue weighted by Crippen LogP contribution is -2.25. The fourth-order valence-electron chi connectivity index (χ4n) is 2.03. The molecule has 1 N–H and O–H groups in total. The van der Waals surface area contributed by atoms with Crippen molar-refractivity contribution < 1.29 is 13.2 Å². The van der Waals surface area contributed by atoms with Gasteiger partial charge in [0.05, 0.1) is 16.8 Å². The largest absolute Gasteiger partial charge is 0.416 e. The van der Waals surface area contributed by atoms with E-state index >= 15 is 0 Å². The lowest BCUT2D eigenvalue weighted by molar-refractivity contribution is -0.137. The summed E-state index contributed by atoms with van der Waals surface area (Å²) in [7, 11) is 0. The molecule has 21 heavy (non-hydrogen) atoms. The molecule has 0 bridgehead atoms. The van der Waals surface area contributed by atoms with Gasteiger partial charge in [0, 0.05) is 6.54 Å². The summed E-state index contributed by atoms with van der Waals surface area (Å²) in [6, 6.07) is 5.00. The third kappa shape index (κ3) is 5.27. The van der Waals surface area contributed by atoms with E-state index in [4.69, 9.17) is 5.26 Å². The summed E-state index contributed by atoms with van der Waals surface area (Å²) in [6.07, 6.45) is -3.56. The Morgan fingerprint density at radius 2 is 1.90 bits per heavy atom. The Balaban J connectivity index is 2.62. The lowest BCUT2D eigenvalue weighted by Gasteiger charge is -2.18. The van der Waals surface area contributed by atoms with Crippen molar-refractivity contribution in [3.63, 3.8) is 0 Å². The van der Waals surface area contributed by atoms with E-state index in [1.165, 1.54) is 6.07 Å². The van der Waals surface area contributed by atoms with E-state index in [1.54, 1.807) is 0 Å². The summed E-state index contributed by atoms with van der Waals surface area (Å²) in [5.74, 6) is 0. The molecule has 1 aromatic rings. The molecule has 0 radical (unpaired) electrons. The Bertz CT molecular complexity index is 488. The third-order valence-electron chi connectivity index (χ3n) is 3.33. The van der Waals surface area contributed by atoms with Crippen LogP contribution in [-0.4, -0.2) is 31.1 Å². The average molecular weight is 299 g/mol. The Morgan fingerprint density at radius 3 is 2.43 bits per heavy atom. The van der Waals surface area contributed by atoms with Crippen LogP contribution in [0.25, 0.3) is 0 Å². The van der Waals surface area contributed by atoms with E-state index in [0.29, 0.717) is 12.2 Å². The fourth-order valence-corrected chi connectivity index (χ4v) is 2.03. The zero-order chi connectivity index (χ0) is 15.9. The van der Waals surface area contributed by atoms with Crippen LogP contribution in [-0.2, 0) is 6.18 Å². The maximum atomic E-state index is 12.6. The molecule has 0 aliphatic heterocycles. The quantitative estimate of drug-likeness (QED) is 0.780. The molecule has 0 aromatic heterocycles. The summed E-state index contributed by atoms with van der Waals surface area (Å²) >= 11 is 0. The fraction of sp³-hybridized carbons (Fsp3) is 0.533. The van der Waals surface area contributed by atoms with E-state index < -0.39 is 11.7 Å². The predicted octanol–water partition coefficient (Wildman–Crippen LogP) is 3.72. The van der Waals surface area contributed by atoms with Gasteiger partial charge in [-0.2, -0.15) is 18.4 Å². The summed E-state index contributed by atoms with van der Waals surface area (Å²) in [6.45, 7) is 7.65. The summed E-state index contributed by atoms with van der Waals surface area (Å²) in [4.78, 5) is 2.26. The maximum Gasteiger partial charge on any atom is 0.416 e. The lowest BCUT2D eigenvalue weighted by atomic mass is 10.1. The van der Waals surface area contributed by atoms with Crippen LogP contribution in [0, 0.1) is 11.3 Å². The minimum atomic E-state index is -4.42. The topological polar surface area (TPSA) is 39.1 Å². The van der Waals surface area contributed by atoms with Crippen molar-refractivity contribution in [1.82, 2.24) is 4.90 Å². The Hall–Kier alpha value is -1.74. The second-order valence-electron chi connectivity index (χ2n) is 4.68. The monoisotopic (exact) mass is 299 g/mol. The standard InChI is InChI=1S/C15H20F3N3/c1-3-21(4-2)9-5-8-20-14-7-6-13(15(16,17)18)10-12(14)11-19/h6-7,10,20H,3-5,8-9H2,1-2H3. The van der Waals surface area contributed by atoms with Gasteiger partial charge in [-0.3, -0.25) is 0 Å². The molecule has 0 saturated carbocycles. The molecule has 0 atom stereocenters. The summed E-state index contributed by atoms with van der Waals surface area (Å²) < 4.78 is 37.7. The van der Waals surface area contributed by atoms with Crippen LogP contribution in [0.4, 0.5) is 18.9 Å². The van der Waals surface area contributed by atoms with Crippen LogP contribution in [0.2, 0.25) is 0 Å². The highest BCUT2D eigenvalue weighted by Gasteiger charge is 2.30. The number of hydrogen-bond donors (Lipinski definition) is 1. The highest BCUT2D eigenvalue weighted by molar-refractivity contribution is 5.58. The molecule has 1 aromatic carbocycles. The number of nitrogens with one attached hydrogen (secondary N) is 1. The van der Waals surface area contributed by atoms with Crippen LogP contribution in [0.15, 0.2) is 18.2 Å². The molecular weight excluding hydrogens is 279 g/mol. The Labute approximate surface area is 123 Å². The number of benzene rings is 1. The molecule has 6 heteroatoms. The van der Waals surface area contributed by atoms with Gasteiger partial charge in [0.15, 0.2) is 0 Å². The number of halogens is 3. The van der Waals surface area contributed by atoms with Crippen LogP contribution in [0.5, 0.6) is 0 Å². The zero-order valence-electron chi connectivity index (χ0n) is 12.3. The van der Waals surface area contributed by atoms with Crippen molar-refractivity contribution in [1.29, 1.82) is 5.26 Å². The van der Waals surface area contributed by atoms with Crippen molar-refractivity contribution in [3.05, 3.63) is 29.3 Å². The molecule has 0 saturated heterocycles. The van der Waals surface area contributed by atoms with E-state index in [9.17, 15) is 13.2 Å². The first-order chi connectivity index (χ1) is 9.92. The number of anilines is 1. The maximum absolute atomic E-state index is 12.6. The highest BCUT2D eigenvalue weighted by Crippen LogP contribution is 2.31. The average Bonchev–Trinajstić information content (AvgIpc) is 2.46. The molecule has 0 aliphatic carbocycles. The van der Waals surface area contributed by atoms with Crippen LogP contribution in [0.3, 0.4) is 0 Å². The first-order valence-corrected chi connectivity index (χ1v) is 7.00. The molecule has 0 fully saturated rings. The predicted molar refractivity (Wildman–Crippen MR) is 77.1 cm³/mol. The van der Waals surface area contributed by atoms with Gasteiger partial charge in [-0.15, -0.1) is 0 Å². The minimum Gasteiger partial charge on any atom is -0.384 e. The molecule has 1 rings (SSSR count). The van der Waals surface area contributed by atoms with E-state index in [0.717, 1.165) is 38.2 Å². The number of nitrogens with zero attached hydrogens (tertiary/aromatic N) is 2. The van der Waals surface area contributed by atoms with Crippen molar-refractivity contribution in [2.45, 2.75) is 26.4 Å². The molecular formula is C15H20F3N3. The smallest absolute Gasteiger partial charge is 0.384 e. The first kappa shape index (κ1) is 17.3. The van der Waals surface area contributed by atoms with Gasteiger partial charge in [0.25, 0.3) is 0 Å². The number of hydrogen-bond acceptors (Lipinski definition) is 3. The third-order valence-corrected chi connectivity index (χ3v) is 3.33. The van der Waals surface area contributed by atoms with Crippen LogP contribution < -0.4 is 5.32 Å². The molecule has 0 heterocycles. The molecule has 0 aliphatic rings. The van der Waals surface area contributed by atoms with Crippen molar-refractivity contribution >= 4 is 5.69 Å². The highest BCUT2D eigenvalue weighted by atomic mass is 19.4. The molecule has 0 amide bonds. The second-order valence-corrected chi connectivity index (χ2v) is 4.68. The van der Waals surface area contributed by atoms with Gasteiger partial charge in [0.1, 0.15) is 6.07 Å². The number of rotatable bonds is 7. The van der Waals surface area contributed by atoms with Crippen LogP contribution >= 0.6 is 0 Å². The Kier molecular flexibility index (Phi) is 6.50. The van der Waals surface area contributed by atoms with Crippen molar-refractivity contribution in [2.24, 2.45) is 0 Å². The van der Waals surface area contributed by atoms with Crippen molar-refractivity contribution in [2.75, 3.05) is 31.5 Å². The van der Waals surface area contributed by atoms with Crippen molar-refractivity contribution in [3.8, 4) is 6.07 Å². The summed E-state index contributed by atoms with van der Waals surface area (Å²) in [5.41, 5.74) is -0.328. The van der Waals surface area contributed by atoms with Gasteiger partial charge >= 0.3 is 6.18 Å². The first-order valence-electron chi connectivity index (χ1n) is 7.00. The Morgan fingerprint density at radius 1 is 1.24 bits per heavy atom. The number of nitriles is 1. The van der Waals surface area contributed by atoms with E-state index in [1.807, 2.05) is 6.07 Å². The normalized spacial score (nSPS) is 11.5. The molecule has 0 spiro atoms. The van der Waals surface area contributed by atoms with Gasteiger partial charge in [0.2, 0.25) is 0 Å². The summed E-state index contributed by atoms with van der Waals surface area (Å²) in [5, 5.41) is 12.0. The van der Waals surface area contributed by atoms with Gasteiger partial charge < -0.3 is 10.2 Å². The van der Waals surface area contributed by atoms with Crippen LogP contribution in [0.1, 0.15) is 31.4 Å². The van der Waals surface area contributed by atoms with E-state index in [2.05, 4.69) is 24.1 Å². The van der Waals surface area contributed by atoms with E-state index in [-0.39, 0.29) is 5.56 Å². The van der Waals surface area contributed by atoms with Gasteiger partial charge in [-0.1, -0.05) is 13.8 Å². The van der Waals surface area contributed by atoms with Gasteiger partial charge in [-0.25, -0.2) is 0 Å².